The summed E-state index contributed by atoms with van der Waals surface area (Å²) in [4.78, 5) is 4.78. The standard InChI is InChI=1S/C83H55N3OS/c1-83(2)75-24-14-13-23-67(75)71-45-56(29-42-76(71)83)57-30-43-79-73(47-57)69-39-28-58(49-80(69)87-79)52-25-31-61(32-26-52)85(65-37-41-68-72-46-54-16-9-10-17-55(54)48-77(72)86(78(68)51-65)60-20-7-4-8-21-60)63-35-33-62(34-36-63)84(59-18-5-3-6-19-59)64-38-44-81-74(50-64)70-40-27-53-15-11-12-22-66(53)82(70)88-81/h3-51H,1-2H3. The lowest BCUT2D eigenvalue weighted by atomic mass is 9.82. The minimum Gasteiger partial charge on any atom is -0.456 e. The predicted octanol–water partition coefficient (Wildman–Crippen LogP) is 23.9. The van der Waals surface area contributed by atoms with Crippen LogP contribution in [0, 0.1) is 0 Å². The maximum atomic E-state index is 6.67. The van der Waals surface area contributed by atoms with Crippen molar-refractivity contribution in [2.45, 2.75) is 19.3 Å². The van der Waals surface area contributed by atoms with Crippen LogP contribution in [0.15, 0.2) is 302 Å². The first-order chi connectivity index (χ1) is 43.3. The number of fused-ring (bicyclic) bond motifs is 15. The van der Waals surface area contributed by atoms with Gasteiger partial charge in [-0.2, -0.15) is 0 Å². The Morgan fingerprint density at radius 1 is 0.318 bits per heavy atom. The highest BCUT2D eigenvalue weighted by atomic mass is 32.1. The Morgan fingerprint density at radius 2 is 0.875 bits per heavy atom. The molecule has 0 saturated heterocycles. The van der Waals surface area contributed by atoms with E-state index in [-0.39, 0.29) is 5.41 Å². The van der Waals surface area contributed by atoms with Crippen molar-refractivity contribution in [2.24, 2.45) is 0 Å². The SMILES string of the molecule is CC1(C)c2ccccc2-c2cc(-c3ccc4oc5cc(-c6ccc(N(c7ccc(N(c8ccccc8)c8ccc9sc%10c%11ccccc%11ccc%10c9c8)cc7)c7ccc8c9cc%10ccccc%10cc9n(-c9ccccc9)c8c7)cc6)ccc5c4c3)ccc21. The van der Waals surface area contributed by atoms with Crippen LogP contribution >= 0.6 is 11.3 Å². The van der Waals surface area contributed by atoms with Gasteiger partial charge in [-0.25, -0.2) is 0 Å². The molecule has 18 rings (SSSR count). The molecule has 14 aromatic carbocycles. The van der Waals surface area contributed by atoms with Crippen LogP contribution in [0.3, 0.4) is 0 Å². The topological polar surface area (TPSA) is 24.6 Å². The Kier molecular flexibility index (Phi) is 11.2. The van der Waals surface area contributed by atoms with Crippen LogP contribution in [-0.4, -0.2) is 4.57 Å². The predicted molar refractivity (Wildman–Crippen MR) is 374 cm³/mol. The molecule has 1 aliphatic carbocycles. The molecule has 0 saturated carbocycles. The van der Waals surface area contributed by atoms with Crippen molar-refractivity contribution < 1.29 is 4.42 Å². The molecular weight excluding hydrogens is 1090 g/mol. The zero-order valence-corrected chi connectivity index (χ0v) is 49.3. The highest BCUT2D eigenvalue weighted by molar-refractivity contribution is 7.26. The fraction of sp³-hybridized carbons (Fsp3) is 0.0361. The van der Waals surface area contributed by atoms with Gasteiger partial charge < -0.3 is 18.8 Å². The third-order valence-electron chi connectivity index (χ3n) is 18.7. The molecule has 0 unspecified atom stereocenters. The highest BCUT2D eigenvalue weighted by Gasteiger charge is 2.35. The van der Waals surface area contributed by atoms with Gasteiger partial charge in [-0.15, -0.1) is 11.3 Å². The molecule has 0 atom stereocenters. The first-order valence-electron chi connectivity index (χ1n) is 30.3. The molecule has 5 heteroatoms. The molecule has 0 fully saturated rings. The summed E-state index contributed by atoms with van der Waals surface area (Å²) in [5, 5.41) is 12.2. The van der Waals surface area contributed by atoms with E-state index in [2.05, 4.69) is 325 Å². The summed E-state index contributed by atoms with van der Waals surface area (Å²) >= 11 is 1.88. The Hall–Kier alpha value is -11.0. The van der Waals surface area contributed by atoms with Gasteiger partial charge in [0.05, 0.1) is 11.0 Å². The summed E-state index contributed by atoms with van der Waals surface area (Å²) in [6.45, 7) is 4.67. The molecule has 0 radical (unpaired) electrons. The molecule has 0 spiro atoms. The van der Waals surface area contributed by atoms with E-state index in [0.29, 0.717) is 0 Å². The average molecular weight is 1140 g/mol. The van der Waals surface area contributed by atoms with E-state index in [1.165, 1.54) is 91.4 Å². The molecule has 4 nitrogen and oxygen atoms in total. The Morgan fingerprint density at radius 3 is 1.67 bits per heavy atom. The van der Waals surface area contributed by atoms with Gasteiger partial charge in [-0.3, -0.25) is 0 Å². The lowest BCUT2D eigenvalue weighted by Crippen LogP contribution is -2.14. The molecule has 0 aliphatic heterocycles. The van der Waals surface area contributed by atoms with Gasteiger partial charge in [0.25, 0.3) is 0 Å². The normalized spacial score (nSPS) is 12.8. The van der Waals surface area contributed by atoms with Crippen LogP contribution in [0.25, 0.3) is 125 Å². The lowest BCUT2D eigenvalue weighted by molar-refractivity contribution is 0.660. The molecule has 0 N–H and O–H groups in total. The number of anilines is 6. The molecule has 414 valence electrons. The van der Waals surface area contributed by atoms with E-state index < -0.39 is 0 Å². The summed E-state index contributed by atoms with van der Waals surface area (Å²) in [7, 11) is 0. The van der Waals surface area contributed by atoms with Crippen molar-refractivity contribution in [1.82, 2.24) is 4.57 Å². The number of aromatic nitrogens is 1. The van der Waals surface area contributed by atoms with E-state index in [4.69, 9.17) is 4.42 Å². The second-order valence-corrected chi connectivity index (χ2v) is 25.1. The van der Waals surface area contributed by atoms with Crippen molar-refractivity contribution in [2.75, 3.05) is 9.80 Å². The lowest BCUT2D eigenvalue weighted by Gasteiger charge is -2.28. The van der Waals surface area contributed by atoms with Gasteiger partial charge in [-0.05, 0) is 200 Å². The van der Waals surface area contributed by atoms with Crippen molar-refractivity contribution in [3.63, 3.8) is 0 Å². The van der Waals surface area contributed by atoms with E-state index in [1.54, 1.807) is 0 Å². The molecule has 88 heavy (non-hydrogen) atoms. The third-order valence-corrected chi connectivity index (χ3v) is 19.9. The van der Waals surface area contributed by atoms with Gasteiger partial charge in [0.15, 0.2) is 0 Å². The van der Waals surface area contributed by atoms with Gasteiger partial charge in [0.2, 0.25) is 0 Å². The Balaban J connectivity index is 0.743. The number of rotatable bonds is 9. The summed E-state index contributed by atoms with van der Waals surface area (Å²) in [6.07, 6.45) is 0. The smallest absolute Gasteiger partial charge is 0.136 e. The van der Waals surface area contributed by atoms with E-state index in [0.717, 1.165) is 78.4 Å². The summed E-state index contributed by atoms with van der Waals surface area (Å²) in [5.74, 6) is 0. The molecule has 3 aromatic heterocycles. The zero-order chi connectivity index (χ0) is 58.2. The quantitative estimate of drug-likeness (QED) is 0.144. The van der Waals surface area contributed by atoms with Crippen LogP contribution in [-0.2, 0) is 5.41 Å². The van der Waals surface area contributed by atoms with Crippen LogP contribution in [0.1, 0.15) is 25.0 Å². The van der Waals surface area contributed by atoms with Gasteiger partial charge in [0.1, 0.15) is 11.2 Å². The van der Waals surface area contributed by atoms with Crippen molar-refractivity contribution in [1.29, 1.82) is 0 Å². The molecular formula is C83H55N3OS. The number of hydrogen-bond donors (Lipinski definition) is 0. The number of hydrogen-bond acceptors (Lipinski definition) is 4. The van der Waals surface area contributed by atoms with E-state index >= 15 is 0 Å². The fourth-order valence-corrected chi connectivity index (χ4v) is 15.6. The summed E-state index contributed by atoms with van der Waals surface area (Å²) in [6, 6.07) is 109. The van der Waals surface area contributed by atoms with Crippen LogP contribution < -0.4 is 9.80 Å². The van der Waals surface area contributed by atoms with Gasteiger partial charge in [-0.1, -0.05) is 178 Å². The number of thiophene rings is 1. The summed E-state index contributed by atoms with van der Waals surface area (Å²) < 4.78 is 11.7. The third kappa shape index (κ3) is 7.91. The first-order valence-corrected chi connectivity index (χ1v) is 31.1. The maximum absolute atomic E-state index is 6.67. The Labute approximate surface area is 513 Å². The maximum Gasteiger partial charge on any atom is 0.136 e. The largest absolute Gasteiger partial charge is 0.456 e. The minimum absolute atomic E-state index is 0.0299. The van der Waals surface area contributed by atoms with Gasteiger partial charge in [0, 0.05) is 86.9 Å². The summed E-state index contributed by atoms with van der Waals surface area (Å²) in [5.41, 5.74) is 21.6. The van der Waals surface area contributed by atoms with Crippen LogP contribution in [0.4, 0.5) is 34.1 Å². The second-order valence-electron chi connectivity index (χ2n) is 24.1. The number of benzene rings is 14. The van der Waals surface area contributed by atoms with Crippen LogP contribution in [0.5, 0.6) is 0 Å². The Bertz CT molecular complexity index is 5660. The van der Waals surface area contributed by atoms with Gasteiger partial charge >= 0.3 is 0 Å². The fourth-order valence-electron chi connectivity index (χ4n) is 14.4. The minimum atomic E-state index is -0.0299. The number of para-hydroxylation sites is 2. The van der Waals surface area contributed by atoms with Crippen molar-refractivity contribution in [3.8, 4) is 39.1 Å². The highest BCUT2D eigenvalue weighted by Crippen LogP contribution is 2.51. The molecule has 0 amide bonds. The van der Waals surface area contributed by atoms with E-state index in [9.17, 15) is 0 Å². The van der Waals surface area contributed by atoms with Crippen LogP contribution in [0.2, 0.25) is 0 Å². The first kappa shape index (κ1) is 50.4. The molecule has 0 bridgehead atoms. The number of furan rings is 1. The molecule has 1 aliphatic rings. The molecule has 17 aromatic rings. The zero-order valence-electron chi connectivity index (χ0n) is 48.4. The van der Waals surface area contributed by atoms with Crippen molar-refractivity contribution in [3.05, 3.63) is 308 Å². The number of nitrogens with zero attached hydrogens (tertiary/aromatic N) is 3. The van der Waals surface area contributed by atoms with Crippen molar-refractivity contribution >= 4 is 131 Å². The van der Waals surface area contributed by atoms with E-state index in [1.807, 2.05) is 11.3 Å². The second kappa shape index (κ2) is 19.5. The molecule has 3 heterocycles. The monoisotopic (exact) mass is 1140 g/mol. The average Bonchev–Trinajstić information content (AvgIpc) is 1.83.